The van der Waals surface area contributed by atoms with Crippen LogP contribution in [0, 0.1) is 0 Å². The molecule has 1 aliphatic carbocycles. The summed E-state index contributed by atoms with van der Waals surface area (Å²) in [6.07, 6.45) is 3.45. The van der Waals surface area contributed by atoms with Gasteiger partial charge in [0, 0.05) is 25.9 Å². The van der Waals surface area contributed by atoms with Gasteiger partial charge in [0.1, 0.15) is 11.4 Å². The molecule has 0 radical (unpaired) electrons. The van der Waals surface area contributed by atoms with Gasteiger partial charge < -0.3 is 14.3 Å². The first-order valence-corrected chi connectivity index (χ1v) is 6.08. The third kappa shape index (κ3) is 2.48. The maximum atomic E-state index is 11.5. The lowest BCUT2D eigenvalue weighted by atomic mass is 9.90. The van der Waals surface area contributed by atoms with Gasteiger partial charge in [-0.2, -0.15) is 0 Å². The Balaban J connectivity index is 2.10. The van der Waals surface area contributed by atoms with Gasteiger partial charge in [-0.1, -0.05) is 0 Å². The van der Waals surface area contributed by atoms with Gasteiger partial charge in [0.2, 0.25) is 0 Å². The molecular weight excluding hydrogens is 220 g/mol. The van der Waals surface area contributed by atoms with E-state index >= 15 is 0 Å². The van der Waals surface area contributed by atoms with Crippen LogP contribution in [0.3, 0.4) is 0 Å². The van der Waals surface area contributed by atoms with Crippen molar-refractivity contribution in [1.82, 2.24) is 0 Å². The lowest BCUT2D eigenvalue weighted by Gasteiger charge is -2.26. The number of ether oxygens (including phenoxy) is 2. The molecule has 0 bridgehead atoms. The second-order valence-corrected chi connectivity index (χ2v) is 4.72. The van der Waals surface area contributed by atoms with Crippen LogP contribution in [-0.4, -0.2) is 30.1 Å². The van der Waals surface area contributed by atoms with Crippen molar-refractivity contribution in [2.45, 2.75) is 51.4 Å². The first-order valence-electron chi connectivity index (χ1n) is 6.08. The predicted molar refractivity (Wildman–Crippen MR) is 61.5 cm³/mol. The Hall–Kier alpha value is -1.00. The minimum atomic E-state index is -0.553. The minimum absolute atomic E-state index is 0.0958. The van der Waals surface area contributed by atoms with E-state index in [9.17, 15) is 9.59 Å². The highest BCUT2D eigenvalue weighted by atomic mass is 16.7. The number of fused-ring (bicyclic) bond motifs is 1. The molecule has 4 heteroatoms. The largest absolute Gasteiger partial charge is 0.353 e. The molecule has 0 aromatic carbocycles. The van der Waals surface area contributed by atoms with Crippen LogP contribution < -0.4 is 0 Å². The summed E-state index contributed by atoms with van der Waals surface area (Å²) in [4.78, 5) is 22.6. The molecular formula is C13H18O4. The van der Waals surface area contributed by atoms with Gasteiger partial charge in [-0.3, -0.25) is 4.79 Å². The number of rotatable bonds is 5. The third-order valence-corrected chi connectivity index (χ3v) is 3.36. The number of allylic oxidation sites excluding steroid dienone is 1. The number of hydrogen-bond acceptors (Lipinski definition) is 4. The van der Waals surface area contributed by atoms with Crippen molar-refractivity contribution in [2.75, 3.05) is 6.61 Å². The van der Waals surface area contributed by atoms with E-state index in [1.165, 1.54) is 0 Å². The quantitative estimate of drug-likeness (QED) is 0.732. The van der Waals surface area contributed by atoms with Gasteiger partial charge in [0.05, 0.1) is 0 Å². The van der Waals surface area contributed by atoms with E-state index in [0.717, 1.165) is 5.57 Å². The van der Waals surface area contributed by atoms with Crippen LogP contribution in [0.4, 0.5) is 0 Å². The topological polar surface area (TPSA) is 52.6 Å². The van der Waals surface area contributed by atoms with E-state index in [1.54, 1.807) is 13.0 Å². The van der Waals surface area contributed by atoms with Crippen LogP contribution >= 0.6 is 0 Å². The highest BCUT2D eigenvalue weighted by Crippen LogP contribution is 2.45. The molecule has 0 aromatic heterocycles. The first-order chi connectivity index (χ1) is 8.05. The lowest BCUT2D eigenvalue weighted by molar-refractivity contribution is -0.168. The number of carbonyl (C=O) groups excluding carboxylic acids is 2. The molecule has 1 unspecified atom stereocenters. The van der Waals surface area contributed by atoms with E-state index in [0.29, 0.717) is 32.3 Å². The smallest absolute Gasteiger partial charge is 0.162 e. The highest BCUT2D eigenvalue weighted by Gasteiger charge is 2.49. The van der Waals surface area contributed by atoms with Crippen molar-refractivity contribution in [1.29, 1.82) is 0 Å². The zero-order valence-corrected chi connectivity index (χ0v) is 10.3. The van der Waals surface area contributed by atoms with Crippen molar-refractivity contribution in [3.63, 3.8) is 0 Å². The molecule has 4 nitrogen and oxygen atoms in total. The van der Waals surface area contributed by atoms with E-state index in [1.807, 2.05) is 6.92 Å². The number of hydrogen-bond donors (Lipinski definition) is 0. The van der Waals surface area contributed by atoms with E-state index in [-0.39, 0.29) is 17.9 Å². The summed E-state index contributed by atoms with van der Waals surface area (Å²) in [7, 11) is 0. The van der Waals surface area contributed by atoms with Gasteiger partial charge >= 0.3 is 0 Å². The fourth-order valence-electron chi connectivity index (χ4n) is 2.57. The molecule has 1 fully saturated rings. The summed E-state index contributed by atoms with van der Waals surface area (Å²) in [6, 6.07) is 0. The Labute approximate surface area is 101 Å². The minimum Gasteiger partial charge on any atom is -0.353 e. The zero-order chi connectivity index (χ0) is 12.5. The van der Waals surface area contributed by atoms with Crippen molar-refractivity contribution in [3.05, 3.63) is 11.6 Å². The van der Waals surface area contributed by atoms with Gasteiger partial charge in [-0.15, -0.1) is 0 Å². The predicted octanol–water partition coefficient (Wildman–Crippen LogP) is 1.78. The molecule has 2 rings (SSSR count). The molecule has 0 aromatic rings. The van der Waals surface area contributed by atoms with Crippen molar-refractivity contribution in [2.24, 2.45) is 0 Å². The maximum Gasteiger partial charge on any atom is 0.162 e. The molecule has 1 saturated heterocycles. The monoisotopic (exact) mass is 238 g/mol. The molecule has 0 amide bonds. The van der Waals surface area contributed by atoms with Crippen LogP contribution in [0.5, 0.6) is 0 Å². The first kappa shape index (κ1) is 12.5. The molecule has 1 heterocycles. The molecule has 1 aliphatic heterocycles. The van der Waals surface area contributed by atoms with E-state index in [4.69, 9.17) is 9.47 Å². The van der Waals surface area contributed by atoms with Crippen molar-refractivity contribution >= 4 is 11.6 Å². The van der Waals surface area contributed by atoms with Gasteiger partial charge in [-0.05, 0) is 31.9 Å². The molecule has 2 aliphatic rings. The second-order valence-electron chi connectivity index (χ2n) is 4.72. The molecule has 2 atom stereocenters. The van der Waals surface area contributed by atoms with Crippen molar-refractivity contribution < 1.29 is 19.1 Å². The standard InChI is InChI=1S/C13H18O4/c1-3-16-12-7-10-6-11(15)8-13(10,17-12)5-4-9(2)14/h6,12H,3-5,7-8H2,1-2H3/t12?,13-/m0/s1. The average Bonchev–Trinajstić information content (AvgIpc) is 2.68. The van der Waals surface area contributed by atoms with Crippen molar-refractivity contribution in [3.8, 4) is 0 Å². The Morgan fingerprint density at radius 3 is 3.06 bits per heavy atom. The average molecular weight is 238 g/mol. The normalized spacial score (nSPS) is 31.5. The van der Waals surface area contributed by atoms with Crippen LogP contribution in [-0.2, 0) is 19.1 Å². The van der Waals surface area contributed by atoms with Crippen LogP contribution in [0.1, 0.15) is 39.5 Å². The number of Topliss-reactive ketones (excluding diaryl/α,β-unsaturated/α-hetero) is 1. The Kier molecular flexibility index (Phi) is 3.45. The Bertz CT molecular complexity index is 372. The van der Waals surface area contributed by atoms with Gasteiger partial charge in [0.15, 0.2) is 12.1 Å². The molecule has 0 spiro atoms. The third-order valence-electron chi connectivity index (χ3n) is 3.36. The summed E-state index contributed by atoms with van der Waals surface area (Å²) in [5, 5.41) is 0. The number of carbonyl (C=O) groups is 2. The summed E-state index contributed by atoms with van der Waals surface area (Å²) in [5.41, 5.74) is 0.449. The van der Waals surface area contributed by atoms with Crippen LogP contribution in [0.15, 0.2) is 11.6 Å². The second kappa shape index (κ2) is 4.70. The van der Waals surface area contributed by atoms with E-state index < -0.39 is 5.60 Å². The molecule has 0 N–H and O–H groups in total. The molecule has 17 heavy (non-hydrogen) atoms. The molecule has 0 saturated carbocycles. The van der Waals surface area contributed by atoms with E-state index in [2.05, 4.69) is 0 Å². The summed E-state index contributed by atoms with van der Waals surface area (Å²) in [6.45, 7) is 4.07. The van der Waals surface area contributed by atoms with Crippen LogP contribution in [0.25, 0.3) is 0 Å². The van der Waals surface area contributed by atoms with Gasteiger partial charge in [-0.25, -0.2) is 0 Å². The Morgan fingerprint density at radius 1 is 1.65 bits per heavy atom. The van der Waals surface area contributed by atoms with Crippen LogP contribution in [0.2, 0.25) is 0 Å². The summed E-state index contributed by atoms with van der Waals surface area (Å²) >= 11 is 0. The SMILES string of the molecule is CCOC1CC2=CC(=O)C[C@]2(CCC(C)=O)O1. The van der Waals surface area contributed by atoms with Gasteiger partial charge in [0.25, 0.3) is 0 Å². The highest BCUT2D eigenvalue weighted by molar-refractivity contribution is 5.95. The summed E-state index contributed by atoms with van der Waals surface area (Å²) in [5.74, 6) is 0.222. The fraction of sp³-hybridized carbons (Fsp3) is 0.692. The fourth-order valence-corrected chi connectivity index (χ4v) is 2.57. The summed E-state index contributed by atoms with van der Waals surface area (Å²) < 4.78 is 11.3. The lowest BCUT2D eigenvalue weighted by Crippen LogP contribution is -2.31. The Morgan fingerprint density at radius 2 is 2.41 bits per heavy atom. The maximum absolute atomic E-state index is 11.5. The molecule has 94 valence electrons. The number of ketones is 2. The zero-order valence-electron chi connectivity index (χ0n) is 10.3.